The fourth-order valence-corrected chi connectivity index (χ4v) is 1.61. The highest BCUT2D eigenvalue weighted by Gasteiger charge is 2.03. The van der Waals surface area contributed by atoms with Crippen molar-refractivity contribution in [3.8, 4) is 0 Å². The average Bonchev–Trinajstić information content (AvgIpc) is 2.29. The zero-order valence-electron chi connectivity index (χ0n) is 6.74. The van der Waals surface area contributed by atoms with E-state index in [1.807, 2.05) is 19.9 Å². The Hall–Kier alpha value is -0.720. The van der Waals surface area contributed by atoms with Gasteiger partial charge in [0, 0.05) is 34.4 Å². The lowest BCUT2D eigenvalue weighted by molar-refractivity contribution is 0.844. The number of hydrogen-bond acceptors (Lipinski definition) is 3. The third kappa shape index (κ3) is 1.17. The Morgan fingerprint density at radius 2 is 2.08 bits per heavy atom. The molecule has 0 unspecified atom stereocenters. The van der Waals surface area contributed by atoms with E-state index in [-0.39, 0.29) is 0 Å². The van der Waals surface area contributed by atoms with Crippen molar-refractivity contribution < 1.29 is 0 Å². The van der Waals surface area contributed by atoms with E-state index in [2.05, 4.69) is 37.7 Å². The number of halogens is 1. The van der Waals surface area contributed by atoms with Crippen molar-refractivity contribution >= 4 is 28.2 Å². The molecule has 2 aromatic heterocycles. The first-order valence-electron chi connectivity index (χ1n) is 3.53. The molecule has 0 N–H and O–H groups in total. The highest BCUT2D eigenvalue weighted by molar-refractivity contribution is 14.1. The SMILES string of the molecule is Cc1cc2nc(I)nn2c(C)n1. The fraction of sp³-hybridized carbons (Fsp3) is 0.286. The Morgan fingerprint density at radius 1 is 1.33 bits per heavy atom. The van der Waals surface area contributed by atoms with Crippen LogP contribution in [0.1, 0.15) is 11.5 Å². The molecular formula is C7H7IN4. The molecule has 0 atom stereocenters. The summed E-state index contributed by atoms with van der Waals surface area (Å²) in [5.74, 6) is 0.875. The van der Waals surface area contributed by atoms with E-state index in [1.54, 1.807) is 4.52 Å². The summed E-state index contributed by atoms with van der Waals surface area (Å²) in [5.41, 5.74) is 1.84. The minimum Gasteiger partial charge on any atom is -0.238 e. The van der Waals surface area contributed by atoms with Gasteiger partial charge in [-0.2, -0.15) is 4.52 Å². The maximum atomic E-state index is 4.27. The lowest BCUT2D eigenvalue weighted by atomic mass is 10.4. The van der Waals surface area contributed by atoms with Gasteiger partial charge in [0.05, 0.1) is 0 Å². The third-order valence-corrected chi connectivity index (χ3v) is 2.05. The topological polar surface area (TPSA) is 43.1 Å². The summed E-state index contributed by atoms with van der Waals surface area (Å²) in [4.78, 5) is 8.51. The molecule has 4 nitrogen and oxygen atoms in total. The van der Waals surface area contributed by atoms with Gasteiger partial charge in [-0.1, -0.05) is 0 Å². The van der Waals surface area contributed by atoms with Gasteiger partial charge in [-0.05, 0) is 13.8 Å². The maximum absolute atomic E-state index is 4.27. The van der Waals surface area contributed by atoms with Crippen molar-refractivity contribution in [2.45, 2.75) is 13.8 Å². The minimum absolute atomic E-state index is 0.753. The van der Waals surface area contributed by atoms with E-state index in [9.17, 15) is 0 Å². The van der Waals surface area contributed by atoms with Crippen molar-refractivity contribution in [3.05, 3.63) is 21.4 Å². The number of aryl methyl sites for hydroxylation is 2. The van der Waals surface area contributed by atoms with E-state index in [4.69, 9.17) is 0 Å². The number of rotatable bonds is 0. The average molecular weight is 274 g/mol. The zero-order chi connectivity index (χ0) is 8.72. The molecule has 5 heteroatoms. The Labute approximate surface area is 83.2 Å². The van der Waals surface area contributed by atoms with E-state index in [0.717, 1.165) is 21.0 Å². The lowest BCUT2D eigenvalue weighted by Crippen LogP contribution is -1.98. The zero-order valence-corrected chi connectivity index (χ0v) is 8.90. The second kappa shape index (κ2) is 2.65. The summed E-state index contributed by atoms with van der Waals surface area (Å²) in [5, 5.41) is 4.18. The predicted octanol–water partition coefficient (Wildman–Crippen LogP) is 1.35. The lowest BCUT2D eigenvalue weighted by Gasteiger charge is -1.97. The van der Waals surface area contributed by atoms with Crippen LogP contribution in [0, 0.1) is 17.7 Å². The second-order valence-electron chi connectivity index (χ2n) is 2.60. The summed E-state index contributed by atoms with van der Waals surface area (Å²) >= 11 is 2.09. The van der Waals surface area contributed by atoms with Crippen LogP contribution in [-0.4, -0.2) is 19.6 Å². The molecule has 62 valence electrons. The first-order chi connectivity index (χ1) is 5.66. The molecule has 2 rings (SSSR count). The molecule has 0 bridgehead atoms. The van der Waals surface area contributed by atoms with Gasteiger partial charge in [-0.3, -0.25) is 0 Å². The molecule has 2 heterocycles. The van der Waals surface area contributed by atoms with Crippen molar-refractivity contribution in [1.29, 1.82) is 0 Å². The minimum atomic E-state index is 0.753. The predicted molar refractivity (Wildman–Crippen MR) is 53.0 cm³/mol. The molecule has 0 radical (unpaired) electrons. The van der Waals surface area contributed by atoms with Crippen LogP contribution in [-0.2, 0) is 0 Å². The van der Waals surface area contributed by atoms with Gasteiger partial charge in [0.15, 0.2) is 5.65 Å². The molecular weight excluding hydrogens is 267 g/mol. The van der Waals surface area contributed by atoms with Gasteiger partial charge >= 0.3 is 0 Å². The smallest absolute Gasteiger partial charge is 0.212 e. The van der Waals surface area contributed by atoms with Gasteiger partial charge in [0.25, 0.3) is 0 Å². The molecule has 0 aliphatic heterocycles. The van der Waals surface area contributed by atoms with Crippen molar-refractivity contribution in [2.24, 2.45) is 0 Å². The van der Waals surface area contributed by atoms with Gasteiger partial charge < -0.3 is 0 Å². The third-order valence-electron chi connectivity index (χ3n) is 1.59. The van der Waals surface area contributed by atoms with Crippen LogP contribution >= 0.6 is 22.6 Å². The molecule has 0 spiro atoms. The summed E-state index contributed by atoms with van der Waals surface area (Å²) in [7, 11) is 0. The quantitative estimate of drug-likeness (QED) is 0.681. The van der Waals surface area contributed by atoms with Crippen LogP contribution in [0.3, 0.4) is 0 Å². The van der Waals surface area contributed by atoms with Gasteiger partial charge in [0.1, 0.15) is 5.82 Å². The van der Waals surface area contributed by atoms with Crippen LogP contribution in [0.5, 0.6) is 0 Å². The Morgan fingerprint density at radius 3 is 2.83 bits per heavy atom. The molecule has 0 aromatic carbocycles. The van der Waals surface area contributed by atoms with Crippen LogP contribution in [0.15, 0.2) is 6.07 Å². The van der Waals surface area contributed by atoms with Crippen LogP contribution in [0.4, 0.5) is 0 Å². The van der Waals surface area contributed by atoms with Crippen LogP contribution in [0.25, 0.3) is 5.65 Å². The van der Waals surface area contributed by atoms with Crippen molar-refractivity contribution in [2.75, 3.05) is 0 Å². The first kappa shape index (κ1) is 7.90. The first-order valence-corrected chi connectivity index (χ1v) is 4.61. The maximum Gasteiger partial charge on any atom is 0.212 e. The van der Waals surface area contributed by atoms with Crippen LogP contribution < -0.4 is 0 Å². The summed E-state index contributed by atoms with van der Waals surface area (Å²) < 4.78 is 2.50. The summed E-state index contributed by atoms with van der Waals surface area (Å²) in [6.45, 7) is 3.87. The van der Waals surface area contributed by atoms with Gasteiger partial charge in [-0.25, -0.2) is 9.97 Å². The standard InChI is InChI=1S/C7H7IN4/c1-4-3-6-10-7(8)11-12(6)5(2)9-4/h3H,1-2H3. The summed E-state index contributed by atoms with van der Waals surface area (Å²) in [6.07, 6.45) is 0. The molecule has 0 saturated carbocycles. The molecule has 12 heavy (non-hydrogen) atoms. The molecule has 2 aromatic rings. The van der Waals surface area contributed by atoms with Crippen LogP contribution in [0.2, 0.25) is 0 Å². The molecule has 0 aliphatic rings. The van der Waals surface area contributed by atoms with Crippen molar-refractivity contribution in [1.82, 2.24) is 19.6 Å². The number of nitrogens with zero attached hydrogens (tertiary/aromatic N) is 4. The number of aromatic nitrogens is 4. The Bertz CT molecular complexity index is 434. The molecule has 0 aliphatic carbocycles. The fourth-order valence-electron chi connectivity index (χ4n) is 1.15. The normalized spacial score (nSPS) is 10.9. The Kier molecular flexibility index (Phi) is 1.75. The largest absolute Gasteiger partial charge is 0.238 e. The monoisotopic (exact) mass is 274 g/mol. The van der Waals surface area contributed by atoms with E-state index >= 15 is 0 Å². The number of hydrogen-bond donors (Lipinski definition) is 0. The highest BCUT2D eigenvalue weighted by Crippen LogP contribution is 2.06. The van der Waals surface area contributed by atoms with Gasteiger partial charge in [0.2, 0.25) is 3.83 Å². The van der Waals surface area contributed by atoms with Gasteiger partial charge in [-0.15, -0.1) is 5.10 Å². The highest BCUT2D eigenvalue weighted by atomic mass is 127. The summed E-state index contributed by atoms with van der Waals surface area (Å²) in [6, 6.07) is 1.92. The van der Waals surface area contributed by atoms with E-state index < -0.39 is 0 Å². The van der Waals surface area contributed by atoms with Crippen molar-refractivity contribution in [3.63, 3.8) is 0 Å². The number of fused-ring (bicyclic) bond motifs is 1. The molecule has 0 saturated heterocycles. The van der Waals surface area contributed by atoms with E-state index in [1.165, 1.54) is 0 Å². The second-order valence-corrected chi connectivity index (χ2v) is 3.56. The Balaban J connectivity index is 2.88. The van der Waals surface area contributed by atoms with E-state index in [0.29, 0.717) is 0 Å². The molecule has 0 amide bonds. The molecule has 0 fully saturated rings.